The number of carbonyl (C=O) groups is 1. The minimum absolute atomic E-state index is 0.262. The molecule has 0 unspecified atom stereocenters. The first-order valence-electron chi connectivity index (χ1n) is 7.67. The van der Waals surface area contributed by atoms with Crippen LogP contribution in [0.2, 0.25) is 0 Å². The van der Waals surface area contributed by atoms with E-state index in [2.05, 4.69) is 28.6 Å². The Hall–Kier alpha value is -2.53. The van der Waals surface area contributed by atoms with Crippen LogP contribution in [0.4, 0.5) is 16.2 Å². The molecule has 0 radical (unpaired) electrons. The third-order valence-corrected chi connectivity index (χ3v) is 4.06. The summed E-state index contributed by atoms with van der Waals surface area (Å²) in [6.45, 7) is 1.92. The predicted octanol–water partition coefficient (Wildman–Crippen LogP) is 3.33. The molecule has 0 saturated carbocycles. The van der Waals surface area contributed by atoms with Crippen LogP contribution >= 0.6 is 0 Å². The van der Waals surface area contributed by atoms with Crippen molar-refractivity contribution in [2.24, 2.45) is 0 Å². The summed E-state index contributed by atoms with van der Waals surface area (Å²) in [6, 6.07) is 13.1. The van der Waals surface area contributed by atoms with E-state index in [9.17, 15) is 4.79 Å². The van der Waals surface area contributed by atoms with Crippen LogP contribution in [0, 0.1) is 0 Å². The molecular formula is C18H21N3O2. The lowest BCUT2D eigenvalue weighted by molar-refractivity contribution is 0.262. The lowest BCUT2D eigenvalue weighted by Gasteiger charge is -2.26. The van der Waals surface area contributed by atoms with Crippen molar-refractivity contribution in [3.8, 4) is 5.75 Å². The molecule has 0 atom stereocenters. The fourth-order valence-electron chi connectivity index (χ4n) is 2.89. The number of amides is 2. The Morgan fingerprint density at radius 2 is 1.83 bits per heavy atom. The maximum atomic E-state index is 12.3. The van der Waals surface area contributed by atoms with Gasteiger partial charge in [-0.15, -0.1) is 0 Å². The van der Waals surface area contributed by atoms with E-state index in [1.165, 1.54) is 11.1 Å². The minimum atomic E-state index is -0.262. The first-order valence-corrected chi connectivity index (χ1v) is 7.67. The van der Waals surface area contributed by atoms with Gasteiger partial charge in [0, 0.05) is 18.8 Å². The van der Waals surface area contributed by atoms with Crippen molar-refractivity contribution in [1.82, 2.24) is 4.90 Å². The average Bonchev–Trinajstić information content (AvgIpc) is 2.55. The Morgan fingerprint density at radius 3 is 2.65 bits per heavy atom. The topological polar surface area (TPSA) is 53.6 Å². The summed E-state index contributed by atoms with van der Waals surface area (Å²) in [6.07, 6.45) is 0.941. The van der Waals surface area contributed by atoms with Gasteiger partial charge >= 0.3 is 6.03 Å². The quantitative estimate of drug-likeness (QED) is 0.914. The number of anilines is 2. The molecule has 5 nitrogen and oxygen atoms in total. The largest absolute Gasteiger partial charge is 0.495 e. The third kappa shape index (κ3) is 3.46. The molecule has 1 aliphatic rings. The van der Waals surface area contributed by atoms with Crippen molar-refractivity contribution in [1.29, 1.82) is 0 Å². The molecule has 0 aromatic heterocycles. The molecule has 0 spiro atoms. The number of nitrogens with one attached hydrogen (secondary N) is 2. The summed E-state index contributed by atoms with van der Waals surface area (Å²) < 4.78 is 5.25. The molecular weight excluding hydrogens is 290 g/mol. The zero-order chi connectivity index (χ0) is 16.2. The first-order chi connectivity index (χ1) is 11.2. The molecule has 23 heavy (non-hydrogen) atoms. The summed E-state index contributed by atoms with van der Waals surface area (Å²) in [5.74, 6) is 0.638. The van der Waals surface area contributed by atoms with Gasteiger partial charge in [0.05, 0.1) is 12.8 Å². The van der Waals surface area contributed by atoms with Gasteiger partial charge in [-0.05, 0) is 42.8 Å². The van der Waals surface area contributed by atoms with E-state index >= 15 is 0 Å². The average molecular weight is 311 g/mol. The predicted molar refractivity (Wildman–Crippen MR) is 92.1 cm³/mol. The van der Waals surface area contributed by atoms with Gasteiger partial charge in [-0.1, -0.05) is 24.3 Å². The number of para-hydroxylation sites is 2. The molecule has 0 fully saturated rings. The van der Waals surface area contributed by atoms with Crippen molar-refractivity contribution in [3.05, 3.63) is 53.6 Å². The highest BCUT2D eigenvalue weighted by Gasteiger charge is 2.17. The number of methoxy groups -OCH3 is 1. The standard InChI is InChI=1S/C18H21N3O2/c1-21-11-10-14-13(12-21)6-5-8-15(14)19-18(22)20-16-7-3-4-9-17(16)23-2/h3-9H,10-12H2,1-2H3,(H2,19,20,22). The Labute approximate surface area is 136 Å². The molecule has 0 aliphatic carbocycles. The Balaban J connectivity index is 1.75. The van der Waals surface area contributed by atoms with Gasteiger partial charge in [-0.25, -0.2) is 4.79 Å². The van der Waals surface area contributed by atoms with Gasteiger partial charge in [-0.3, -0.25) is 0 Å². The van der Waals surface area contributed by atoms with Crippen LogP contribution in [0.25, 0.3) is 0 Å². The number of hydrogen-bond acceptors (Lipinski definition) is 3. The molecule has 1 aliphatic heterocycles. The van der Waals surface area contributed by atoms with E-state index in [1.807, 2.05) is 36.4 Å². The van der Waals surface area contributed by atoms with Crippen LogP contribution in [0.15, 0.2) is 42.5 Å². The Bertz CT molecular complexity index is 715. The van der Waals surface area contributed by atoms with Gasteiger partial charge in [0.15, 0.2) is 0 Å². The van der Waals surface area contributed by atoms with Crippen molar-refractivity contribution in [2.75, 3.05) is 31.3 Å². The molecule has 5 heteroatoms. The van der Waals surface area contributed by atoms with E-state index in [1.54, 1.807) is 7.11 Å². The molecule has 2 amide bonds. The van der Waals surface area contributed by atoms with Crippen LogP contribution in [-0.4, -0.2) is 31.6 Å². The Kier molecular flexibility index (Phi) is 4.48. The number of hydrogen-bond donors (Lipinski definition) is 2. The fraction of sp³-hybridized carbons (Fsp3) is 0.278. The zero-order valence-electron chi connectivity index (χ0n) is 13.4. The molecule has 0 bridgehead atoms. The molecule has 2 aromatic carbocycles. The number of urea groups is 1. The number of ether oxygens (including phenoxy) is 1. The molecule has 0 saturated heterocycles. The minimum Gasteiger partial charge on any atom is -0.495 e. The monoisotopic (exact) mass is 311 g/mol. The molecule has 120 valence electrons. The number of likely N-dealkylation sites (N-methyl/N-ethyl adjacent to an activating group) is 1. The SMILES string of the molecule is COc1ccccc1NC(=O)Nc1cccc2c1CCN(C)C2. The third-order valence-electron chi connectivity index (χ3n) is 4.06. The van der Waals surface area contributed by atoms with Crippen molar-refractivity contribution < 1.29 is 9.53 Å². The van der Waals surface area contributed by atoms with Crippen LogP contribution in [-0.2, 0) is 13.0 Å². The van der Waals surface area contributed by atoms with Crippen molar-refractivity contribution in [3.63, 3.8) is 0 Å². The number of nitrogens with zero attached hydrogens (tertiary/aromatic N) is 1. The zero-order valence-corrected chi connectivity index (χ0v) is 13.4. The maximum Gasteiger partial charge on any atom is 0.323 e. The van der Waals surface area contributed by atoms with Crippen LogP contribution < -0.4 is 15.4 Å². The van der Waals surface area contributed by atoms with E-state index in [0.717, 1.165) is 25.2 Å². The van der Waals surface area contributed by atoms with Gasteiger partial charge in [0.2, 0.25) is 0 Å². The highest BCUT2D eigenvalue weighted by Crippen LogP contribution is 2.27. The lowest BCUT2D eigenvalue weighted by atomic mass is 9.98. The van der Waals surface area contributed by atoms with E-state index in [-0.39, 0.29) is 6.03 Å². The highest BCUT2D eigenvalue weighted by atomic mass is 16.5. The van der Waals surface area contributed by atoms with E-state index in [0.29, 0.717) is 11.4 Å². The van der Waals surface area contributed by atoms with Crippen molar-refractivity contribution in [2.45, 2.75) is 13.0 Å². The van der Waals surface area contributed by atoms with Gasteiger partial charge in [0.25, 0.3) is 0 Å². The molecule has 2 aromatic rings. The second kappa shape index (κ2) is 6.71. The normalized spacial score (nSPS) is 14.0. The van der Waals surface area contributed by atoms with Gasteiger partial charge in [0.1, 0.15) is 5.75 Å². The van der Waals surface area contributed by atoms with Crippen molar-refractivity contribution >= 4 is 17.4 Å². The second-order valence-electron chi connectivity index (χ2n) is 5.71. The summed E-state index contributed by atoms with van der Waals surface area (Å²) in [5.41, 5.74) is 4.02. The summed E-state index contributed by atoms with van der Waals surface area (Å²) in [4.78, 5) is 14.6. The fourth-order valence-corrected chi connectivity index (χ4v) is 2.89. The smallest absolute Gasteiger partial charge is 0.323 e. The van der Waals surface area contributed by atoms with Crippen LogP contribution in [0.1, 0.15) is 11.1 Å². The second-order valence-corrected chi connectivity index (χ2v) is 5.71. The maximum absolute atomic E-state index is 12.3. The highest BCUT2D eigenvalue weighted by molar-refractivity contribution is 6.01. The van der Waals surface area contributed by atoms with Gasteiger partial charge in [-0.2, -0.15) is 0 Å². The van der Waals surface area contributed by atoms with E-state index in [4.69, 9.17) is 4.74 Å². The first kappa shape index (κ1) is 15.4. The van der Waals surface area contributed by atoms with Crippen LogP contribution in [0.5, 0.6) is 5.75 Å². The number of benzene rings is 2. The number of fused-ring (bicyclic) bond motifs is 1. The lowest BCUT2D eigenvalue weighted by Crippen LogP contribution is -2.28. The molecule has 1 heterocycles. The summed E-state index contributed by atoms with van der Waals surface area (Å²) in [7, 11) is 3.69. The van der Waals surface area contributed by atoms with Crippen LogP contribution in [0.3, 0.4) is 0 Å². The Morgan fingerprint density at radius 1 is 1.09 bits per heavy atom. The van der Waals surface area contributed by atoms with Gasteiger partial charge < -0.3 is 20.3 Å². The summed E-state index contributed by atoms with van der Waals surface area (Å²) in [5, 5.41) is 5.80. The number of carbonyl (C=O) groups excluding carboxylic acids is 1. The molecule has 3 rings (SSSR count). The summed E-state index contributed by atoms with van der Waals surface area (Å²) >= 11 is 0. The molecule has 2 N–H and O–H groups in total. The number of rotatable bonds is 3. The van der Waals surface area contributed by atoms with E-state index < -0.39 is 0 Å².